The number of nitrogens with one attached hydrogen (secondary N) is 2. The summed E-state index contributed by atoms with van der Waals surface area (Å²) < 4.78 is 5.17. The van der Waals surface area contributed by atoms with Gasteiger partial charge in [0.25, 0.3) is 5.91 Å². The number of aromatic amines is 1. The van der Waals surface area contributed by atoms with Crippen molar-refractivity contribution in [3.63, 3.8) is 0 Å². The van der Waals surface area contributed by atoms with Crippen LogP contribution in [-0.2, 0) is 0 Å². The van der Waals surface area contributed by atoms with E-state index in [-0.39, 0.29) is 11.9 Å². The van der Waals surface area contributed by atoms with E-state index in [0.29, 0.717) is 5.69 Å². The van der Waals surface area contributed by atoms with Crippen molar-refractivity contribution in [3.8, 4) is 5.75 Å². The van der Waals surface area contributed by atoms with Gasteiger partial charge in [-0.25, -0.2) is 0 Å². The fraction of sp³-hybridized carbons (Fsp3) is 0.375. The van der Waals surface area contributed by atoms with Gasteiger partial charge < -0.3 is 10.1 Å². The quantitative estimate of drug-likeness (QED) is 0.822. The number of unbranched alkanes of at least 4 members (excludes halogenated alkanes) is 1. The molecule has 0 saturated carbocycles. The third kappa shape index (κ3) is 4.08. The zero-order valence-corrected chi connectivity index (χ0v) is 12.4. The van der Waals surface area contributed by atoms with Crippen LogP contribution < -0.4 is 10.1 Å². The van der Waals surface area contributed by atoms with Crippen molar-refractivity contribution in [2.75, 3.05) is 7.11 Å². The summed E-state index contributed by atoms with van der Waals surface area (Å²) in [5, 5.41) is 9.55. The molecule has 1 aromatic carbocycles. The number of benzene rings is 1. The van der Waals surface area contributed by atoms with Crippen LogP contribution in [0.4, 0.5) is 0 Å². The minimum Gasteiger partial charge on any atom is -0.497 e. The molecule has 1 atom stereocenters. The Bertz CT molecular complexity index is 549. The fourth-order valence-electron chi connectivity index (χ4n) is 2.18. The first kappa shape index (κ1) is 15.1. The standard InChI is InChI=1S/C16H21N3O2/c1-3-4-5-14(12-6-8-13(21-2)9-7-12)18-16(20)15-10-11-17-19-15/h6-11,14H,3-5H2,1-2H3,(H,17,19)(H,18,20). The first-order chi connectivity index (χ1) is 10.2. The molecule has 0 radical (unpaired) electrons. The average Bonchev–Trinajstić information content (AvgIpc) is 3.06. The van der Waals surface area contributed by atoms with Gasteiger partial charge in [0.05, 0.1) is 13.2 Å². The van der Waals surface area contributed by atoms with Crippen molar-refractivity contribution in [2.45, 2.75) is 32.2 Å². The van der Waals surface area contributed by atoms with Gasteiger partial charge in [0, 0.05) is 6.20 Å². The van der Waals surface area contributed by atoms with Gasteiger partial charge in [-0.15, -0.1) is 0 Å². The molecule has 0 spiro atoms. The highest BCUT2D eigenvalue weighted by molar-refractivity contribution is 5.92. The second-order valence-electron chi connectivity index (χ2n) is 4.91. The summed E-state index contributed by atoms with van der Waals surface area (Å²) in [6.45, 7) is 2.14. The number of amides is 1. The second kappa shape index (κ2) is 7.47. The van der Waals surface area contributed by atoms with Crippen molar-refractivity contribution in [2.24, 2.45) is 0 Å². The number of nitrogens with zero attached hydrogens (tertiary/aromatic N) is 1. The maximum atomic E-state index is 12.2. The lowest BCUT2D eigenvalue weighted by molar-refractivity contribution is 0.0929. The molecule has 5 heteroatoms. The highest BCUT2D eigenvalue weighted by Gasteiger charge is 2.16. The first-order valence-corrected chi connectivity index (χ1v) is 7.18. The Morgan fingerprint density at radius 1 is 1.33 bits per heavy atom. The van der Waals surface area contributed by atoms with E-state index < -0.39 is 0 Å². The van der Waals surface area contributed by atoms with E-state index in [1.165, 1.54) is 0 Å². The van der Waals surface area contributed by atoms with Crippen molar-refractivity contribution in [1.29, 1.82) is 0 Å². The Kier molecular flexibility index (Phi) is 5.37. The van der Waals surface area contributed by atoms with Crippen LogP contribution in [0.15, 0.2) is 36.5 Å². The summed E-state index contributed by atoms with van der Waals surface area (Å²) in [6.07, 6.45) is 4.62. The normalized spacial score (nSPS) is 11.9. The summed E-state index contributed by atoms with van der Waals surface area (Å²) in [5.74, 6) is 0.678. The molecular weight excluding hydrogens is 266 g/mol. The molecular formula is C16H21N3O2. The van der Waals surface area contributed by atoms with Gasteiger partial charge in [-0.1, -0.05) is 31.9 Å². The van der Waals surface area contributed by atoms with E-state index in [0.717, 1.165) is 30.6 Å². The minimum absolute atomic E-state index is 0.00773. The van der Waals surface area contributed by atoms with Gasteiger partial charge in [0.1, 0.15) is 11.4 Å². The molecule has 5 nitrogen and oxygen atoms in total. The Balaban J connectivity index is 2.11. The van der Waals surface area contributed by atoms with Gasteiger partial charge in [-0.05, 0) is 30.2 Å². The zero-order chi connectivity index (χ0) is 15.1. The largest absolute Gasteiger partial charge is 0.497 e. The Labute approximate surface area is 124 Å². The maximum absolute atomic E-state index is 12.2. The van der Waals surface area contributed by atoms with E-state index in [2.05, 4.69) is 22.4 Å². The van der Waals surface area contributed by atoms with Crippen LogP contribution in [0.2, 0.25) is 0 Å². The highest BCUT2D eigenvalue weighted by Crippen LogP contribution is 2.22. The van der Waals surface area contributed by atoms with E-state index in [1.54, 1.807) is 19.4 Å². The number of H-pyrrole nitrogens is 1. The number of hydrogen-bond acceptors (Lipinski definition) is 3. The molecule has 0 saturated heterocycles. The Morgan fingerprint density at radius 2 is 2.10 bits per heavy atom. The summed E-state index contributed by atoms with van der Waals surface area (Å²) in [5.41, 5.74) is 1.56. The predicted octanol–water partition coefficient (Wildman–Crippen LogP) is 3.08. The van der Waals surface area contributed by atoms with Crippen molar-refractivity contribution < 1.29 is 9.53 Å². The zero-order valence-electron chi connectivity index (χ0n) is 12.4. The van der Waals surface area contributed by atoms with Gasteiger partial charge in [-0.3, -0.25) is 9.89 Å². The predicted molar refractivity (Wildman–Crippen MR) is 81.3 cm³/mol. The summed E-state index contributed by atoms with van der Waals surface area (Å²) in [6, 6.07) is 9.47. The molecule has 1 heterocycles. The van der Waals surface area contributed by atoms with Crippen LogP contribution in [-0.4, -0.2) is 23.2 Å². The van der Waals surface area contributed by atoms with Crippen molar-refractivity contribution >= 4 is 5.91 Å². The summed E-state index contributed by atoms with van der Waals surface area (Å²) in [4.78, 5) is 12.2. The molecule has 0 bridgehead atoms. The molecule has 2 rings (SSSR count). The molecule has 1 amide bonds. The average molecular weight is 287 g/mol. The van der Waals surface area contributed by atoms with Crippen LogP contribution in [0.25, 0.3) is 0 Å². The molecule has 0 aliphatic carbocycles. The van der Waals surface area contributed by atoms with E-state index in [4.69, 9.17) is 4.74 Å². The lowest BCUT2D eigenvalue weighted by Gasteiger charge is -2.19. The van der Waals surface area contributed by atoms with E-state index >= 15 is 0 Å². The molecule has 0 aliphatic heterocycles. The van der Waals surface area contributed by atoms with Crippen LogP contribution in [0.3, 0.4) is 0 Å². The molecule has 0 fully saturated rings. The first-order valence-electron chi connectivity index (χ1n) is 7.18. The Morgan fingerprint density at radius 3 is 2.67 bits per heavy atom. The molecule has 112 valence electrons. The third-order valence-electron chi connectivity index (χ3n) is 3.42. The topological polar surface area (TPSA) is 67.0 Å². The molecule has 2 N–H and O–H groups in total. The molecule has 21 heavy (non-hydrogen) atoms. The fourth-order valence-corrected chi connectivity index (χ4v) is 2.18. The number of carbonyl (C=O) groups excluding carboxylic acids is 1. The molecule has 0 aliphatic rings. The van der Waals surface area contributed by atoms with E-state index in [1.807, 2.05) is 24.3 Å². The maximum Gasteiger partial charge on any atom is 0.269 e. The molecule has 1 aromatic heterocycles. The molecule has 1 unspecified atom stereocenters. The minimum atomic E-state index is -0.135. The second-order valence-corrected chi connectivity index (χ2v) is 4.91. The van der Waals surface area contributed by atoms with Gasteiger partial charge in [0.2, 0.25) is 0 Å². The number of rotatable bonds is 7. The van der Waals surface area contributed by atoms with Crippen LogP contribution >= 0.6 is 0 Å². The highest BCUT2D eigenvalue weighted by atomic mass is 16.5. The van der Waals surface area contributed by atoms with Gasteiger partial charge >= 0.3 is 0 Å². The number of hydrogen-bond donors (Lipinski definition) is 2. The number of methoxy groups -OCH3 is 1. The van der Waals surface area contributed by atoms with Gasteiger partial charge in [0.15, 0.2) is 0 Å². The van der Waals surface area contributed by atoms with Crippen molar-refractivity contribution in [1.82, 2.24) is 15.5 Å². The van der Waals surface area contributed by atoms with E-state index in [9.17, 15) is 4.79 Å². The summed E-state index contributed by atoms with van der Waals surface area (Å²) >= 11 is 0. The van der Waals surface area contributed by atoms with Crippen LogP contribution in [0.1, 0.15) is 48.3 Å². The number of carbonyl (C=O) groups is 1. The Hall–Kier alpha value is -2.30. The lowest BCUT2D eigenvalue weighted by Crippen LogP contribution is -2.28. The monoisotopic (exact) mass is 287 g/mol. The van der Waals surface area contributed by atoms with Crippen LogP contribution in [0, 0.1) is 0 Å². The smallest absolute Gasteiger partial charge is 0.269 e. The lowest BCUT2D eigenvalue weighted by atomic mass is 10.0. The SMILES string of the molecule is CCCCC(NC(=O)c1ccn[nH]1)c1ccc(OC)cc1. The molecule has 2 aromatic rings. The summed E-state index contributed by atoms with van der Waals surface area (Å²) in [7, 11) is 1.64. The number of aromatic nitrogens is 2. The van der Waals surface area contributed by atoms with Gasteiger partial charge in [-0.2, -0.15) is 5.10 Å². The van der Waals surface area contributed by atoms with Crippen molar-refractivity contribution in [3.05, 3.63) is 47.8 Å². The number of ether oxygens (including phenoxy) is 1. The third-order valence-corrected chi connectivity index (χ3v) is 3.42. The van der Waals surface area contributed by atoms with Crippen LogP contribution in [0.5, 0.6) is 5.75 Å².